The molecule has 7 nitrogen and oxygen atoms in total. The van der Waals surface area contributed by atoms with Gasteiger partial charge < -0.3 is 14.5 Å². The number of carbonyl (C=O) groups is 1. The topological polar surface area (TPSA) is 79.0 Å². The molecule has 3 rings (SSSR count). The highest BCUT2D eigenvalue weighted by Crippen LogP contribution is 2.58. The number of piperidine rings is 2. The first-order valence-corrected chi connectivity index (χ1v) is 11.9. The fourth-order valence-corrected chi connectivity index (χ4v) is 5.94. The van der Waals surface area contributed by atoms with Crippen LogP contribution in [0.15, 0.2) is 0 Å². The number of ether oxygens (including phenoxy) is 1. The third-order valence-electron chi connectivity index (χ3n) is 5.90. The Morgan fingerprint density at radius 3 is 2.52 bits per heavy atom. The summed E-state index contributed by atoms with van der Waals surface area (Å²) in [7, 11) is -3.13. The Hall–Kier alpha value is -0.860. The normalized spacial score (nSPS) is 29.6. The zero-order valence-corrected chi connectivity index (χ0v) is 18.0. The lowest BCUT2D eigenvalue weighted by molar-refractivity contribution is 0.0253. The van der Waals surface area contributed by atoms with Gasteiger partial charge in [-0.2, -0.15) is 0 Å². The number of hydrogen-bond acceptors (Lipinski definition) is 5. The smallest absolute Gasteiger partial charge is 0.410 e. The van der Waals surface area contributed by atoms with Crippen LogP contribution >= 0.6 is 0 Å². The minimum absolute atomic E-state index is 0.0622. The summed E-state index contributed by atoms with van der Waals surface area (Å²) in [6.45, 7) is 12.0. The van der Waals surface area contributed by atoms with Crippen molar-refractivity contribution in [2.75, 3.05) is 38.5 Å². The molecule has 3 aliphatic rings. The molecule has 156 valence electrons. The molecule has 1 aliphatic carbocycles. The molecular weight excluding hydrogens is 366 g/mol. The van der Waals surface area contributed by atoms with Gasteiger partial charge in [0.1, 0.15) is 5.60 Å². The molecule has 2 heterocycles. The van der Waals surface area contributed by atoms with Crippen LogP contribution in [0.1, 0.15) is 53.4 Å². The van der Waals surface area contributed by atoms with Crippen LogP contribution in [0, 0.1) is 11.3 Å². The zero-order valence-electron chi connectivity index (χ0n) is 17.2. The van der Waals surface area contributed by atoms with Gasteiger partial charge in [0.2, 0.25) is 10.0 Å². The maximum Gasteiger partial charge on any atom is 0.410 e. The number of nitrogens with one attached hydrogen (secondary N) is 1. The third kappa shape index (κ3) is 5.35. The van der Waals surface area contributed by atoms with E-state index in [9.17, 15) is 13.2 Å². The van der Waals surface area contributed by atoms with Crippen LogP contribution in [0.25, 0.3) is 0 Å². The molecule has 0 unspecified atom stereocenters. The molecule has 0 aromatic rings. The van der Waals surface area contributed by atoms with Crippen LogP contribution < -0.4 is 4.72 Å². The Bertz CT molecular complexity index is 652. The van der Waals surface area contributed by atoms with Crippen LogP contribution in [-0.2, 0) is 14.8 Å². The molecule has 2 saturated heterocycles. The van der Waals surface area contributed by atoms with Gasteiger partial charge in [-0.25, -0.2) is 17.9 Å². The standard InChI is InChI=1S/C19H35N3O4S/c1-5-10-27(24,25)20-16-6-8-21(9-7-16)13-19-11-15(19)12-22(14-19)17(23)26-18(2,3)4/h15-16,20H,5-14H2,1-4H3/t15-,19-/m0/s1. The van der Waals surface area contributed by atoms with Crippen molar-refractivity contribution in [3.63, 3.8) is 0 Å². The number of carbonyl (C=O) groups excluding carboxylic acids is 1. The molecule has 3 fully saturated rings. The van der Waals surface area contributed by atoms with E-state index in [-0.39, 0.29) is 23.3 Å². The minimum atomic E-state index is -3.13. The van der Waals surface area contributed by atoms with Gasteiger partial charge in [0.15, 0.2) is 0 Å². The number of fused-ring (bicyclic) bond motifs is 1. The van der Waals surface area contributed by atoms with Crippen molar-refractivity contribution in [1.82, 2.24) is 14.5 Å². The number of sulfonamides is 1. The van der Waals surface area contributed by atoms with E-state index in [1.165, 1.54) is 6.42 Å². The van der Waals surface area contributed by atoms with Gasteiger partial charge in [-0.05, 0) is 65.5 Å². The van der Waals surface area contributed by atoms with Gasteiger partial charge in [-0.3, -0.25) is 0 Å². The lowest BCUT2D eigenvalue weighted by atomic mass is 10.0. The molecule has 0 spiro atoms. The highest BCUT2D eigenvalue weighted by Gasteiger charge is 2.61. The largest absolute Gasteiger partial charge is 0.444 e. The molecule has 8 heteroatoms. The molecular formula is C19H35N3O4S. The maximum absolute atomic E-state index is 12.3. The quantitative estimate of drug-likeness (QED) is 0.737. The summed E-state index contributed by atoms with van der Waals surface area (Å²) in [6.07, 6.45) is 3.36. The Labute approximate surface area is 163 Å². The van der Waals surface area contributed by atoms with Crippen molar-refractivity contribution in [3.8, 4) is 0 Å². The van der Waals surface area contributed by atoms with Crippen LogP contribution in [0.4, 0.5) is 4.79 Å². The van der Waals surface area contributed by atoms with Crippen molar-refractivity contribution in [1.29, 1.82) is 0 Å². The van der Waals surface area contributed by atoms with Crippen molar-refractivity contribution in [3.05, 3.63) is 0 Å². The fraction of sp³-hybridized carbons (Fsp3) is 0.947. The SMILES string of the molecule is CCCS(=O)(=O)NC1CCN(C[C@]23C[C@H]2CN(C(=O)OC(C)(C)C)C3)CC1. The lowest BCUT2D eigenvalue weighted by Crippen LogP contribution is -2.47. The summed E-state index contributed by atoms with van der Waals surface area (Å²) >= 11 is 0. The average molecular weight is 402 g/mol. The van der Waals surface area contributed by atoms with Crippen molar-refractivity contribution < 1.29 is 17.9 Å². The molecule has 0 aromatic carbocycles. The van der Waals surface area contributed by atoms with E-state index in [2.05, 4.69) is 9.62 Å². The summed E-state index contributed by atoms with van der Waals surface area (Å²) in [4.78, 5) is 16.6. The van der Waals surface area contributed by atoms with Crippen molar-refractivity contribution in [2.24, 2.45) is 11.3 Å². The number of likely N-dealkylation sites (tertiary alicyclic amines) is 2. The van der Waals surface area contributed by atoms with Crippen LogP contribution in [0.3, 0.4) is 0 Å². The van der Waals surface area contributed by atoms with E-state index in [0.29, 0.717) is 12.3 Å². The lowest BCUT2D eigenvalue weighted by Gasteiger charge is -2.34. The number of amides is 1. The van der Waals surface area contributed by atoms with Gasteiger partial charge >= 0.3 is 6.09 Å². The Morgan fingerprint density at radius 2 is 1.93 bits per heavy atom. The van der Waals surface area contributed by atoms with Gasteiger partial charge in [-0.15, -0.1) is 0 Å². The summed E-state index contributed by atoms with van der Waals surface area (Å²) in [5.41, 5.74) is -0.227. The predicted octanol–water partition coefficient (Wildman–Crippen LogP) is 2.04. The first-order valence-electron chi connectivity index (χ1n) is 10.2. The predicted molar refractivity (Wildman–Crippen MR) is 105 cm³/mol. The summed E-state index contributed by atoms with van der Waals surface area (Å²) in [6, 6.07) is 0.0622. The first-order chi connectivity index (χ1) is 12.5. The van der Waals surface area contributed by atoms with E-state index in [4.69, 9.17) is 4.74 Å². The van der Waals surface area contributed by atoms with Crippen LogP contribution in [-0.4, -0.2) is 74.4 Å². The van der Waals surface area contributed by atoms with Gasteiger partial charge in [0.25, 0.3) is 0 Å². The van der Waals surface area contributed by atoms with E-state index in [0.717, 1.165) is 45.6 Å². The zero-order chi connectivity index (χ0) is 19.9. The Balaban J connectivity index is 1.44. The van der Waals surface area contributed by atoms with E-state index in [1.54, 1.807) is 0 Å². The second-order valence-corrected chi connectivity index (χ2v) is 11.5. The average Bonchev–Trinajstić information content (AvgIpc) is 3.07. The van der Waals surface area contributed by atoms with E-state index >= 15 is 0 Å². The monoisotopic (exact) mass is 401 g/mol. The second kappa shape index (κ2) is 7.52. The molecule has 1 saturated carbocycles. The molecule has 0 bridgehead atoms. The second-order valence-electron chi connectivity index (χ2n) is 9.61. The molecule has 0 radical (unpaired) electrons. The summed E-state index contributed by atoms with van der Waals surface area (Å²) < 4.78 is 32.2. The first kappa shape index (κ1) is 20.9. The number of rotatable bonds is 6. The number of hydrogen-bond donors (Lipinski definition) is 1. The third-order valence-corrected chi connectivity index (χ3v) is 7.54. The molecule has 2 aliphatic heterocycles. The maximum atomic E-state index is 12.3. The molecule has 1 amide bonds. The van der Waals surface area contributed by atoms with Gasteiger partial charge in [0, 0.05) is 31.1 Å². The van der Waals surface area contributed by atoms with Crippen molar-refractivity contribution >= 4 is 16.1 Å². The highest BCUT2D eigenvalue weighted by atomic mass is 32.2. The fourth-order valence-electron chi connectivity index (χ4n) is 4.54. The van der Waals surface area contributed by atoms with Gasteiger partial charge in [-0.1, -0.05) is 6.92 Å². The van der Waals surface area contributed by atoms with Crippen molar-refractivity contribution in [2.45, 2.75) is 65.0 Å². The summed E-state index contributed by atoms with van der Waals surface area (Å²) in [5, 5.41) is 0. The van der Waals surface area contributed by atoms with Crippen LogP contribution in [0.2, 0.25) is 0 Å². The Kier molecular flexibility index (Phi) is 5.81. The van der Waals surface area contributed by atoms with E-state index in [1.807, 2.05) is 32.6 Å². The van der Waals surface area contributed by atoms with E-state index < -0.39 is 15.6 Å². The molecule has 1 N–H and O–H groups in total. The summed E-state index contributed by atoms with van der Waals surface area (Å²) in [5.74, 6) is 0.796. The number of nitrogens with zero attached hydrogens (tertiary/aromatic N) is 2. The molecule has 0 aromatic heterocycles. The molecule has 2 atom stereocenters. The minimum Gasteiger partial charge on any atom is -0.444 e. The van der Waals surface area contributed by atoms with Crippen LogP contribution in [0.5, 0.6) is 0 Å². The highest BCUT2D eigenvalue weighted by molar-refractivity contribution is 7.89. The Morgan fingerprint density at radius 1 is 1.26 bits per heavy atom. The molecule has 27 heavy (non-hydrogen) atoms. The van der Waals surface area contributed by atoms with Gasteiger partial charge in [0.05, 0.1) is 5.75 Å².